The van der Waals surface area contributed by atoms with Crippen molar-refractivity contribution in [1.82, 2.24) is 9.97 Å². The largest absolute Gasteiger partial charge is 0.298 e. The fourth-order valence-corrected chi connectivity index (χ4v) is 5.24. The second-order valence-electron chi connectivity index (χ2n) is 6.98. The molecule has 0 aromatic carbocycles. The highest BCUT2D eigenvalue weighted by atomic mass is 79.9. The molecular formula is C21H26Br2N2O. The Bertz CT molecular complexity index is 719. The molecule has 0 bridgehead atoms. The lowest BCUT2D eigenvalue weighted by atomic mass is 9.82. The van der Waals surface area contributed by atoms with Crippen LogP contribution in [0.4, 0.5) is 0 Å². The third kappa shape index (κ3) is 4.25. The van der Waals surface area contributed by atoms with Crippen molar-refractivity contribution in [1.29, 1.82) is 0 Å². The average molecular weight is 482 g/mol. The summed E-state index contributed by atoms with van der Waals surface area (Å²) in [6, 6.07) is 4.11. The van der Waals surface area contributed by atoms with Crippen LogP contribution in [0.2, 0.25) is 0 Å². The number of hydrogen-bond acceptors (Lipinski definition) is 3. The number of halogens is 2. The highest BCUT2D eigenvalue weighted by Gasteiger charge is 2.32. The second kappa shape index (κ2) is 8.75. The zero-order chi connectivity index (χ0) is 19.6. The molecule has 2 aromatic rings. The van der Waals surface area contributed by atoms with Crippen molar-refractivity contribution in [2.75, 3.05) is 10.7 Å². The minimum Gasteiger partial charge on any atom is -0.298 e. The first-order valence-corrected chi connectivity index (χ1v) is 11.0. The molecule has 3 nitrogen and oxygen atoms in total. The molecule has 0 saturated heterocycles. The number of alkyl halides is 2. The van der Waals surface area contributed by atoms with Crippen molar-refractivity contribution >= 4 is 37.6 Å². The predicted octanol–water partition coefficient (Wildman–Crippen LogP) is 5.55. The van der Waals surface area contributed by atoms with Crippen molar-refractivity contribution in [2.24, 2.45) is 0 Å². The van der Waals surface area contributed by atoms with Crippen LogP contribution in [-0.4, -0.2) is 26.4 Å². The number of carbonyl (C=O) groups excluding carboxylic acids is 1. The van der Waals surface area contributed by atoms with Crippen LogP contribution in [0.3, 0.4) is 0 Å². The Kier molecular flexibility index (Phi) is 7.14. The van der Waals surface area contributed by atoms with Gasteiger partial charge in [-0.3, -0.25) is 14.8 Å². The van der Waals surface area contributed by atoms with Crippen LogP contribution >= 0.6 is 31.9 Å². The lowest BCUT2D eigenvalue weighted by molar-refractivity contribution is -0.121. The maximum atomic E-state index is 13.6. The first-order valence-electron chi connectivity index (χ1n) is 8.76. The monoisotopic (exact) mass is 480 g/mol. The van der Waals surface area contributed by atoms with E-state index < -0.39 is 0 Å². The fourth-order valence-electron chi connectivity index (χ4n) is 3.95. The molecule has 2 heterocycles. The Balaban J connectivity index is 2.54. The molecule has 0 radical (unpaired) electrons. The topological polar surface area (TPSA) is 42.9 Å². The molecule has 0 aliphatic carbocycles. The first kappa shape index (κ1) is 21.2. The number of ketones is 1. The zero-order valence-corrected chi connectivity index (χ0v) is 19.5. The number of nitrogens with zero attached hydrogens (tertiary/aromatic N) is 2. The van der Waals surface area contributed by atoms with E-state index in [-0.39, 0.29) is 17.6 Å². The van der Waals surface area contributed by atoms with Gasteiger partial charge in [0.1, 0.15) is 5.78 Å². The van der Waals surface area contributed by atoms with Crippen LogP contribution in [0.25, 0.3) is 0 Å². The van der Waals surface area contributed by atoms with E-state index in [0.29, 0.717) is 10.7 Å². The summed E-state index contributed by atoms with van der Waals surface area (Å²) in [5.41, 5.74) is 8.16. The molecule has 0 aliphatic rings. The van der Waals surface area contributed by atoms with Gasteiger partial charge in [0, 0.05) is 33.4 Å². The van der Waals surface area contributed by atoms with E-state index >= 15 is 0 Å². The number of hydrogen-bond donors (Lipinski definition) is 0. The standard InChI is InChI=1S/C21H26Br2N2O/c1-11-7-13(3)24-15(5)19(11)17(9-22)21(26)18(10-23)20-12(2)8-14(4)25-16(20)6/h7-8,17-18H,9-10H2,1-6H3. The molecule has 2 unspecified atom stereocenters. The average Bonchev–Trinajstić information content (AvgIpc) is 2.53. The van der Waals surface area contributed by atoms with Gasteiger partial charge in [-0.2, -0.15) is 0 Å². The number of carbonyl (C=O) groups is 1. The molecule has 2 aromatic heterocycles. The Morgan fingerprint density at radius 2 is 1.15 bits per heavy atom. The van der Waals surface area contributed by atoms with Gasteiger partial charge in [-0.05, 0) is 75.9 Å². The number of Topliss-reactive ketones (excluding diaryl/α,β-unsaturated/α-hetero) is 1. The van der Waals surface area contributed by atoms with E-state index in [1.165, 1.54) is 0 Å². The van der Waals surface area contributed by atoms with Gasteiger partial charge in [0.05, 0.1) is 11.8 Å². The highest BCUT2D eigenvalue weighted by Crippen LogP contribution is 2.34. The fraction of sp³-hybridized carbons (Fsp3) is 0.476. The van der Waals surface area contributed by atoms with Gasteiger partial charge in [0.2, 0.25) is 0 Å². The summed E-state index contributed by atoms with van der Waals surface area (Å²) in [4.78, 5) is 22.8. The summed E-state index contributed by atoms with van der Waals surface area (Å²) >= 11 is 7.16. The van der Waals surface area contributed by atoms with Gasteiger partial charge in [0.25, 0.3) is 0 Å². The summed E-state index contributed by atoms with van der Waals surface area (Å²) in [6.07, 6.45) is 0. The number of aromatic nitrogens is 2. The van der Waals surface area contributed by atoms with E-state index in [4.69, 9.17) is 0 Å². The number of pyridine rings is 2. The highest BCUT2D eigenvalue weighted by molar-refractivity contribution is 9.09. The third-order valence-electron chi connectivity index (χ3n) is 4.86. The minimum atomic E-state index is -0.231. The molecule has 0 amide bonds. The van der Waals surface area contributed by atoms with Crippen LogP contribution in [0, 0.1) is 41.5 Å². The zero-order valence-electron chi connectivity index (χ0n) is 16.3. The predicted molar refractivity (Wildman–Crippen MR) is 115 cm³/mol. The Hall–Kier alpha value is -1.07. The molecule has 2 atom stereocenters. The molecule has 2 rings (SSSR count). The minimum absolute atomic E-state index is 0.201. The summed E-state index contributed by atoms with van der Waals surface area (Å²) in [7, 11) is 0. The van der Waals surface area contributed by atoms with Crippen molar-refractivity contribution < 1.29 is 4.79 Å². The molecule has 26 heavy (non-hydrogen) atoms. The summed E-state index contributed by atoms with van der Waals surface area (Å²) in [6.45, 7) is 12.1. The van der Waals surface area contributed by atoms with E-state index in [9.17, 15) is 4.79 Å². The van der Waals surface area contributed by atoms with Crippen LogP contribution < -0.4 is 0 Å². The van der Waals surface area contributed by atoms with Gasteiger partial charge in [-0.25, -0.2) is 0 Å². The molecule has 0 aliphatic heterocycles. The summed E-state index contributed by atoms with van der Waals surface area (Å²) in [5.74, 6) is -0.260. The SMILES string of the molecule is Cc1cc(C)c(C(CBr)C(=O)C(CBr)c2c(C)cc(C)nc2C)c(C)n1. The van der Waals surface area contributed by atoms with E-state index in [2.05, 4.69) is 67.8 Å². The smallest absolute Gasteiger partial charge is 0.149 e. The molecule has 5 heteroatoms. The number of aryl methyl sites for hydroxylation is 6. The van der Waals surface area contributed by atoms with Crippen LogP contribution in [0.1, 0.15) is 56.9 Å². The lowest BCUT2D eigenvalue weighted by Gasteiger charge is -2.25. The lowest BCUT2D eigenvalue weighted by Crippen LogP contribution is -2.26. The second-order valence-corrected chi connectivity index (χ2v) is 8.27. The van der Waals surface area contributed by atoms with Crippen molar-refractivity contribution in [3.05, 3.63) is 57.2 Å². The maximum Gasteiger partial charge on any atom is 0.149 e. The van der Waals surface area contributed by atoms with Crippen molar-refractivity contribution in [3.8, 4) is 0 Å². The quantitative estimate of drug-likeness (QED) is 0.507. The van der Waals surface area contributed by atoms with E-state index in [1.807, 2.05) is 27.7 Å². The summed E-state index contributed by atoms with van der Waals surface area (Å²) < 4.78 is 0. The van der Waals surface area contributed by atoms with Crippen LogP contribution in [0.15, 0.2) is 12.1 Å². The Morgan fingerprint density at radius 3 is 1.42 bits per heavy atom. The molecule has 140 valence electrons. The molecule has 0 fully saturated rings. The molecule has 0 N–H and O–H groups in total. The van der Waals surface area contributed by atoms with Gasteiger partial charge in [-0.1, -0.05) is 31.9 Å². The molecular weight excluding hydrogens is 456 g/mol. The van der Waals surface area contributed by atoms with Crippen molar-refractivity contribution in [2.45, 2.75) is 53.4 Å². The van der Waals surface area contributed by atoms with Gasteiger partial charge in [0.15, 0.2) is 0 Å². The number of rotatable bonds is 6. The van der Waals surface area contributed by atoms with Gasteiger partial charge >= 0.3 is 0 Å². The Morgan fingerprint density at radius 1 is 0.808 bits per heavy atom. The first-order chi connectivity index (χ1) is 12.2. The van der Waals surface area contributed by atoms with Crippen molar-refractivity contribution in [3.63, 3.8) is 0 Å². The molecule has 0 spiro atoms. The van der Waals surface area contributed by atoms with E-state index in [0.717, 1.165) is 45.0 Å². The van der Waals surface area contributed by atoms with Gasteiger partial charge < -0.3 is 0 Å². The molecule has 0 saturated carbocycles. The normalized spacial score (nSPS) is 13.5. The Labute approximate surface area is 173 Å². The summed E-state index contributed by atoms with van der Waals surface area (Å²) in [5, 5.41) is 1.16. The van der Waals surface area contributed by atoms with Crippen LogP contribution in [0.5, 0.6) is 0 Å². The maximum absolute atomic E-state index is 13.6. The van der Waals surface area contributed by atoms with E-state index in [1.54, 1.807) is 0 Å². The third-order valence-corrected chi connectivity index (χ3v) is 6.16. The van der Waals surface area contributed by atoms with Gasteiger partial charge in [-0.15, -0.1) is 0 Å². The van der Waals surface area contributed by atoms with Crippen LogP contribution in [-0.2, 0) is 4.79 Å².